The van der Waals surface area contributed by atoms with Crippen LogP contribution in [0.2, 0.25) is 0 Å². The molecule has 0 atom stereocenters. The van der Waals surface area contributed by atoms with Crippen LogP contribution in [0.4, 0.5) is 0 Å². The maximum atomic E-state index is 13.8. The predicted molar refractivity (Wildman–Crippen MR) is 167 cm³/mol. The van der Waals surface area contributed by atoms with Crippen LogP contribution in [0, 0.1) is 6.92 Å². The number of methoxy groups -OCH3 is 1. The van der Waals surface area contributed by atoms with Gasteiger partial charge < -0.3 is 38.4 Å². The number of aromatic nitrogens is 1. The van der Waals surface area contributed by atoms with Crippen molar-refractivity contribution in [1.29, 1.82) is 0 Å². The van der Waals surface area contributed by atoms with E-state index in [-0.39, 0.29) is 29.9 Å². The molecule has 0 unspecified atom stereocenters. The minimum Gasteiger partial charge on any atom is -1.00 e. The van der Waals surface area contributed by atoms with Crippen LogP contribution >= 0.6 is 0 Å². The van der Waals surface area contributed by atoms with Crippen molar-refractivity contribution in [3.8, 4) is 11.5 Å². The second-order valence-electron chi connectivity index (χ2n) is 11.0. The Morgan fingerprint density at radius 1 is 0.810 bits per heavy atom. The van der Waals surface area contributed by atoms with Crippen LogP contribution in [0.25, 0.3) is 0 Å². The van der Waals surface area contributed by atoms with Gasteiger partial charge in [-0.2, -0.15) is 0 Å². The molecule has 2 aromatic carbocycles. The summed E-state index contributed by atoms with van der Waals surface area (Å²) in [6.45, 7) is 9.16. The molecular formula is C36H51IN2O3. The fraction of sp³-hybridized carbons (Fsp3) is 0.500. The monoisotopic (exact) mass is 686 g/mol. The Labute approximate surface area is 271 Å². The number of carbonyl (C=O) groups excluding carboxylic acids is 1. The summed E-state index contributed by atoms with van der Waals surface area (Å²) >= 11 is 0. The minimum absolute atomic E-state index is 0. The van der Waals surface area contributed by atoms with Crippen molar-refractivity contribution in [3.63, 3.8) is 0 Å². The summed E-state index contributed by atoms with van der Waals surface area (Å²) in [5.41, 5.74) is 3.90. The normalized spacial score (nSPS) is 10.7. The molecule has 0 aliphatic carbocycles. The highest BCUT2D eigenvalue weighted by atomic mass is 127. The lowest BCUT2D eigenvalue weighted by molar-refractivity contribution is -0.693. The summed E-state index contributed by atoms with van der Waals surface area (Å²) in [4.78, 5) is 15.7. The molecular weight excluding hydrogens is 635 g/mol. The Morgan fingerprint density at radius 2 is 1.45 bits per heavy atom. The zero-order valence-corrected chi connectivity index (χ0v) is 28.4. The molecule has 6 heteroatoms. The van der Waals surface area contributed by atoms with E-state index in [9.17, 15) is 4.79 Å². The van der Waals surface area contributed by atoms with Crippen LogP contribution in [-0.4, -0.2) is 24.5 Å². The number of nitrogens with zero attached hydrogens (tertiary/aromatic N) is 2. The highest BCUT2D eigenvalue weighted by molar-refractivity contribution is 5.96. The Kier molecular flexibility index (Phi) is 17.2. The fourth-order valence-electron chi connectivity index (χ4n) is 5.14. The Bertz CT molecular complexity index is 1180. The maximum absolute atomic E-state index is 13.8. The third-order valence-electron chi connectivity index (χ3n) is 7.77. The molecule has 0 spiro atoms. The van der Waals surface area contributed by atoms with Crippen LogP contribution in [0.3, 0.4) is 0 Å². The van der Waals surface area contributed by atoms with E-state index in [0.29, 0.717) is 24.4 Å². The molecule has 0 saturated heterocycles. The number of hydrogen-bond acceptors (Lipinski definition) is 3. The lowest BCUT2D eigenvalue weighted by atomic mass is 10.1. The van der Waals surface area contributed by atoms with Crippen molar-refractivity contribution in [3.05, 3.63) is 89.2 Å². The molecule has 3 aromatic rings. The van der Waals surface area contributed by atoms with Crippen molar-refractivity contribution in [2.45, 2.75) is 105 Å². The molecule has 1 aromatic heterocycles. The van der Waals surface area contributed by atoms with E-state index >= 15 is 0 Å². The number of halogens is 1. The van der Waals surface area contributed by atoms with Gasteiger partial charge in [0.05, 0.1) is 19.3 Å². The highest BCUT2D eigenvalue weighted by Gasteiger charge is 2.21. The number of pyridine rings is 1. The smallest absolute Gasteiger partial charge is 0.258 e. The van der Waals surface area contributed by atoms with E-state index in [1.165, 1.54) is 57.8 Å². The molecule has 0 N–H and O–H groups in total. The minimum atomic E-state index is -0.0460. The number of unbranched alkanes of at least 4 members (excludes halogenated alkanes) is 9. The van der Waals surface area contributed by atoms with Gasteiger partial charge in [-0.3, -0.25) is 4.79 Å². The molecule has 0 aliphatic heterocycles. The number of hydrogen-bond donors (Lipinski definition) is 0. The van der Waals surface area contributed by atoms with E-state index in [2.05, 4.69) is 62.0 Å². The van der Waals surface area contributed by atoms with Crippen molar-refractivity contribution in [2.75, 3.05) is 13.7 Å². The highest BCUT2D eigenvalue weighted by Crippen LogP contribution is 2.24. The number of para-hydroxylation sites is 1. The van der Waals surface area contributed by atoms with Crippen LogP contribution in [0.15, 0.2) is 67.0 Å². The van der Waals surface area contributed by atoms with Gasteiger partial charge in [0.15, 0.2) is 12.4 Å². The van der Waals surface area contributed by atoms with Crippen LogP contribution < -0.4 is 38.0 Å². The Hall–Kier alpha value is -2.61. The van der Waals surface area contributed by atoms with Crippen molar-refractivity contribution in [2.24, 2.45) is 0 Å². The lowest BCUT2D eigenvalue weighted by Gasteiger charge is -2.25. The molecule has 0 fully saturated rings. The van der Waals surface area contributed by atoms with Crippen LogP contribution in [-0.2, 0) is 19.6 Å². The SMILES string of the molecule is CCCCCCCCCCCCOc1ccc(CN(Cc2cc[n+](CC)cc2)C(=O)c2ccccc2OC)c(C)c1.[I-]. The molecule has 3 rings (SSSR count). The number of amides is 1. The second kappa shape index (κ2) is 20.3. The Morgan fingerprint density at radius 3 is 2.07 bits per heavy atom. The van der Waals surface area contributed by atoms with Gasteiger partial charge in [-0.05, 0) is 61.2 Å². The van der Waals surface area contributed by atoms with Gasteiger partial charge in [-0.15, -0.1) is 0 Å². The summed E-state index contributed by atoms with van der Waals surface area (Å²) in [7, 11) is 1.61. The molecule has 1 amide bonds. The zero-order valence-electron chi connectivity index (χ0n) is 26.2. The van der Waals surface area contributed by atoms with Crippen LogP contribution in [0.5, 0.6) is 11.5 Å². The number of ether oxygens (including phenoxy) is 2. The van der Waals surface area contributed by atoms with E-state index in [1.807, 2.05) is 35.2 Å². The largest absolute Gasteiger partial charge is 1.00 e. The molecule has 0 radical (unpaired) electrons. The van der Waals surface area contributed by atoms with Gasteiger partial charge in [0.2, 0.25) is 0 Å². The zero-order chi connectivity index (χ0) is 29.3. The third-order valence-corrected chi connectivity index (χ3v) is 7.77. The summed E-state index contributed by atoms with van der Waals surface area (Å²) in [5.74, 6) is 1.44. The van der Waals surface area contributed by atoms with Gasteiger partial charge >= 0.3 is 0 Å². The van der Waals surface area contributed by atoms with E-state index in [0.717, 1.165) is 42.0 Å². The van der Waals surface area contributed by atoms with Gasteiger partial charge in [-0.25, -0.2) is 4.57 Å². The first-order chi connectivity index (χ1) is 20.0. The quantitative estimate of drug-likeness (QED) is 0.0957. The first-order valence-electron chi connectivity index (χ1n) is 15.7. The van der Waals surface area contributed by atoms with Crippen molar-refractivity contribution in [1.82, 2.24) is 4.90 Å². The second-order valence-corrected chi connectivity index (χ2v) is 11.0. The molecule has 1 heterocycles. The lowest BCUT2D eigenvalue weighted by Crippen LogP contribution is -3.00. The summed E-state index contributed by atoms with van der Waals surface area (Å²) < 4.78 is 13.7. The standard InChI is InChI=1S/C36H51N2O3.HI/c1-5-7-8-9-10-11-12-13-14-17-26-41-33-21-20-32(30(3)27-33)29-38(28-31-22-24-37(6-2)25-23-31)36(39)34-18-15-16-19-35(34)40-4;/h15-16,18-25,27H,5-14,17,26,28-29H2,1-4H3;1H/q+1;/p-1. The molecule has 0 bridgehead atoms. The van der Waals surface area contributed by atoms with Gasteiger partial charge in [-0.1, -0.05) is 82.9 Å². The van der Waals surface area contributed by atoms with E-state index < -0.39 is 0 Å². The first kappa shape index (κ1) is 35.6. The number of rotatable bonds is 19. The average Bonchev–Trinajstić information content (AvgIpc) is 3.00. The molecule has 0 saturated carbocycles. The first-order valence-corrected chi connectivity index (χ1v) is 15.7. The molecule has 0 aliphatic rings. The molecule has 5 nitrogen and oxygen atoms in total. The molecule has 230 valence electrons. The fourth-order valence-corrected chi connectivity index (χ4v) is 5.14. The van der Waals surface area contributed by atoms with Gasteiger partial charge in [0, 0.05) is 25.2 Å². The maximum Gasteiger partial charge on any atom is 0.258 e. The number of aryl methyl sites for hydroxylation is 2. The predicted octanol–water partition coefficient (Wildman–Crippen LogP) is 5.46. The summed E-state index contributed by atoms with van der Waals surface area (Å²) in [6.07, 6.45) is 17.3. The van der Waals surface area contributed by atoms with Gasteiger partial charge in [0.25, 0.3) is 5.91 Å². The van der Waals surface area contributed by atoms with Crippen LogP contribution in [0.1, 0.15) is 105 Å². The number of benzene rings is 2. The summed E-state index contributed by atoms with van der Waals surface area (Å²) in [5, 5.41) is 0. The average molecular weight is 687 g/mol. The van der Waals surface area contributed by atoms with E-state index in [1.54, 1.807) is 7.11 Å². The topological polar surface area (TPSA) is 42.7 Å². The van der Waals surface area contributed by atoms with Crippen molar-refractivity contribution < 1.29 is 42.8 Å². The Balaban J connectivity index is 0.00000616. The van der Waals surface area contributed by atoms with Gasteiger partial charge in [0.1, 0.15) is 18.0 Å². The van der Waals surface area contributed by atoms with E-state index in [4.69, 9.17) is 9.47 Å². The third kappa shape index (κ3) is 11.9. The summed E-state index contributed by atoms with van der Waals surface area (Å²) in [6, 6.07) is 17.9. The number of carbonyl (C=O) groups is 1. The molecule has 42 heavy (non-hydrogen) atoms. The van der Waals surface area contributed by atoms with Crippen molar-refractivity contribution >= 4 is 5.91 Å².